The van der Waals surface area contributed by atoms with Gasteiger partial charge in [0.25, 0.3) is 0 Å². The zero-order chi connectivity index (χ0) is 15.1. The van der Waals surface area contributed by atoms with Crippen LogP contribution in [0.4, 0.5) is 0 Å². The summed E-state index contributed by atoms with van der Waals surface area (Å²) in [6.07, 6.45) is 7.09. The van der Waals surface area contributed by atoms with Gasteiger partial charge in [-0.2, -0.15) is 5.10 Å². The van der Waals surface area contributed by atoms with E-state index in [4.69, 9.17) is 0 Å². The van der Waals surface area contributed by atoms with Crippen LogP contribution in [0.5, 0.6) is 0 Å². The van der Waals surface area contributed by atoms with Gasteiger partial charge in [-0.05, 0) is 43.9 Å². The predicted molar refractivity (Wildman–Crippen MR) is 84.9 cm³/mol. The molecule has 4 heteroatoms. The van der Waals surface area contributed by atoms with E-state index in [1.54, 1.807) is 6.08 Å². The molecule has 0 fully saturated rings. The molecule has 1 heterocycles. The van der Waals surface area contributed by atoms with Crippen molar-refractivity contribution in [2.24, 2.45) is 0 Å². The lowest BCUT2D eigenvalue weighted by Crippen LogP contribution is -2.22. The van der Waals surface area contributed by atoms with E-state index in [1.807, 2.05) is 50.4 Å². The van der Waals surface area contributed by atoms with Crippen molar-refractivity contribution in [3.8, 4) is 0 Å². The van der Waals surface area contributed by atoms with E-state index >= 15 is 0 Å². The normalized spacial score (nSPS) is 11.0. The van der Waals surface area contributed by atoms with Crippen LogP contribution in [0.3, 0.4) is 0 Å². The van der Waals surface area contributed by atoms with Crippen molar-refractivity contribution in [2.75, 3.05) is 6.54 Å². The summed E-state index contributed by atoms with van der Waals surface area (Å²) in [5, 5.41) is 9.79. The van der Waals surface area contributed by atoms with Gasteiger partial charge < -0.3 is 5.32 Å². The van der Waals surface area contributed by atoms with Crippen molar-refractivity contribution >= 4 is 12.0 Å². The average Bonchev–Trinajstić information content (AvgIpc) is 2.87. The summed E-state index contributed by atoms with van der Waals surface area (Å²) < 4.78 is 0. The quantitative estimate of drug-likeness (QED) is 0.632. The molecule has 0 radical (unpaired) electrons. The van der Waals surface area contributed by atoms with Crippen LogP contribution in [-0.4, -0.2) is 22.6 Å². The molecule has 0 saturated heterocycles. The standard InChI is InChI=1S/C17H21N3O/c1-13-5-3-6-15(11-13)8-9-17(21)18-10-4-7-16-12-19-20-14(16)2/h3,5-6,8-9,11-12H,4,7,10H2,1-2H3,(H,18,21)(H,19,20). The summed E-state index contributed by atoms with van der Waals surface area (Å²) in [4.78, 5) is 11.7. The SMILES string of the molecule is Cc1cccc(C=CC(=O)NCCCc2cn[nH]c2C)c1. The van der Waals surface area contributed by atoms with Gasteiger partial charge in [-0.15, -0.1) is 0 Å². The lowest BCUT2D eigenvalue weighted by molar-refractivity contribution is -0.116. The molecule has 2 N–H and O–H groups in total. The summed E-state index contributed by atoms with van der Waals surface area (Å²) in [5.41, 5.74) is 4.53. The summed E-state index contributed by atoms with van der Waals surface area (Å²) >= 11 is 0. The monoisotopic (exact) mass is 283 g/mol. The third kappa shape index (κ3) is 4.91. The molecule has 0 aliphatic rings. The number of carbonyl (C=O) groups is 1. The molecule has 1 aromatic carbocycles. The summed E-state index contributed by atoms with van der Waals surface area (Å²) in [6.45, 7) is 4.71. The Morgan fingerprint density at radius 3 is 2.95 bits per heavy atom. The molecule has 1 aromatic heterocycles. The second-order valence-corrected chi connectivity index (χ2v) is 5.16. The largest absolute Gasteiger partial charge is 0.353 e. The molecule has 21 heavy (non-hydrogen) atoms. The summed E-state index contributed by atoms with van der Waals surface area (Å²) in [6, 6.07) is 8.05. The van der Waals surface area contributed by atoms with E-state index in [9.17, 15) is 4.79 Å². The first-order valence-electron chi connectivity index (χ1n) is 7.16. The third-order valence-electron chi connectivity index (χ3n) is 3.33. The minimum atomic E-state index is -0.0552. The van der Waals surface area contributed by atoms with E-state index in [2.05, 4.69) is 15.5 Å². The fraction of sp³-hybridized carbons (Fsp3) is 0.294. The van der Waals surface area contributed by atoms with Gasteiger partial charge in [0.05, 0.1) is 6.20 Å². The van der Waals surface area contributed by atoms with E-state index < -0.39 is 0 Å². The molecule has 0 unspecified atom stereocenters. The van der Waals surface area contributed by atoms with Crippen LogP contribution in [0.1, 0.15) is 28.8 Å². The molecule has 0 aliphatic heterocycles. The molecule has 0 aliphatic carbocycles. The van der Waals surface area contributed by atoms with Crippen LogP contribution in [0.2, 0.25) is 0 Å². The highest BCUT2D eigenvalue weighted by Gasteiger charge is 2.00. The number of aromatic nitrogens is 2. The van der Waals surface area contributed by atoms with Crippen LogP contribution in [-0.2, 0) is 11.2 Å². The third-order valence-corrected chi connectivity index (χ3v) is 3.33. The van der Waals surface area contributed by atoms with Crippen molar-refractivity contribution < 1.29 is 4.79 Å². The molecule has 4 nitrogen and oxygen atoms in total. The molecule has 110 valence electrons. The van der Waals surface area contributed by atoms with Crippen LogP contribution >= 0.6 is 0 Å². The Hall–Kier alpha value is -2.36. The van der Waals surface area contributed by atoms with Gasteiger partial charge in [0.2, 0.25) is 5.91 Å². The van der Waals surface area contributed by atoms with Gasteiger partial charge in [0.15, 0.2) is 0 Å². The number of carbonyl (C=O) groups excluding carboxylic acids is 1. The van der Waals surface area contributed by atoms with Crippen LogP contribution in [0.15, 0.2) is 36.5 Å². The zero-order valence-corrected chi connectivity index (χ0v) is 12.5. The maximum absolute atomic E-state index is 11.7. The molecular formula is C17H21N3O. The Bertz CT molecular complexity index is 628. The molecular weight excluding hydrogens is 262 g/mol. The lowest BCUT2D eigenvalue weighted by atomic mass is 10.1. The van der Waals surface area contributed by atoms with Gasteiger partial charge in [0, 0.05) is 18.3 Å². The molecule has 2 aromatic rings. The number of rotatable bonds is 6. The lowest BCUT2D eigenvalue weighted by Gasteiger charge is -2.02. The fourth-order valence-corrected chi connectivity index (χ4v) is 2.12. The first kappa shape index (κ1) is 15.0. The van der Waals surface area contributed by atoms with Gasteiger partial charge in [-0.25, -0.2) is 0 Å². The first-order chi connectivity index (χ1) is 10.1. The van der Waals surface area contributed by atoms with Gasteiger partial charge in [-0.1, -0.05) is 29.8 Å². The highest BCUT2D eigenvalue weighted by Crippen LogP contribution is 2.06. The van der Waals surface area contributed by atoms with Crippen molar-refractivity contribution in [3.63, 3.8) is 0 Å². The molecule has 0 bridgehead atoms. The van der Waals surface area contributed by atoms with Crippen molar-refractivity contribution in [3.05, 3.63) is 58.9 Å². The second-order valence-electron chi connectivity index (χ2n) is 5.16. The topological polar surface area (TPSA) is 57.8 Å². The van der Waals surface area contributed by atoms with Gasteiger partial charge in [0.1, 0.15) is 0 Å². The highest BCUT2D eigenvalue weighted by atomic mass is 16.1. The Kier molecular flexibility index (Phi) is 5.32. The molecule has 0 atom stereocenters. The molecule has 0 saturated carbocycles. The number of amides is 1. The van der Waals surface area contributed by atoms with Crippen molar-refractivity contribution in [2.45, 2.75) is 26.7 Å². The number of hydrogen-bond donors (Lipinski definition) is 2. The summed E-state index contributed by atoms with van der Waals surface area (Å²) in [7, 11) is 0. The minimum Gasteiger partial charge on any atom is -0.353 e. The van der Waals surface area contributed by atoms with Crippen LogP contribution in [0.25, 0.3) is 6.08 Å². The smallest absolute Gasteiger partial charge is 0.243 e. The van der Waals surface area contributed by atoms with Crippen molar-refractivity contribution in [1.82, 2.24) is 15.5 Å². The second kappa shape index (κ2) is 7.43. The van der Waals surface area contributed by atoms with Gasteiger partial charge >= 0.3 is 0 Å². The number of benzene rings is 1. The Balaban J connectivity index is 1.71. The van der Waals surface area contributed by atoms with Crippen molar-refractivity contribution in [1.29, 1.82) is 0 Å². The number of aryl methyl sites for hydroxylation is 3. The number of nitrogens with zero attached hydrogens (tertiary/aromatic N) is 1. The Morgan fingerprint density at radius 2 is 2.24 bits per heavy atom. The Morgan fingerprint density at radius 1 is 1.38 bits per heavy atom. The molecule has 1 amide bonds. The number of aromatic amines is 1. The predicted octanol–water partition coefficient (Wildman–Crippen LogP) is 2.79. The molecule has 2 rings (SSSR count). The first-order valence-corrected chi connectivity index (χ1v) is 7.16. The van der Waals surface area contributed by atoms with Crippen LogP contribution in [0, 0.1) is 13.8 Å². The van der Waals surface area contributed by atoms with Crippen LogP contribution < -0.4 is 5.32 Å². The Labute approximate surface area is 125 Å². The highest BCUT2D eigenvalue weighted by molar-refractivity contribution is 5.91. The maximum atomic E-state index is 11.7. The fourth-order valence-electron chi connectivity index (χ4n) is 2.12. The average molecular weight is 283 g/mol. The van der Waals surface area contributed by atoms with E-state index in [0.29, 0.717) is 6.54 Å². The van der Waals surface area contributed by atoms with Gasteiger partial charge in [-0.3, -0.25) is 9.89 Å². The number of H-pyrrole nitrogens is 1. The minimum absolute atomic E-state index is 0.0552. The van der Waals surface area contributed by atoms with E-state index in [1.165, 1.54) is 11.1 Å². The van der Waals surface area contributed by atoms with E-state index in [-0.39, 0.29) is 5.91 Å². The maximum Gasteiger partial charge on any atom is 0.243 e. The summed E-state index contributed by atoms with van der Waals surface area (Å²) in [5.74, 6) is -0.0552. The number of nitrogens with one attached hydrogen (secondary N) is 2. The number of hydrogen-bond acceptors (Lipinski definition) is 2. The van der Waals surface area contributed by atoms with E-state index in [0.717, 1.165) is 24.1 Å². The zero-order valence-electron chi connectivity index (χ0n) is 12.5. The molecule has 0 spiro atoms.